The van der Waals surface area contributed by atoms with Gasteiger partial charge in [-0.15, -0.1) is 0 Å². The van der Waals surface area contributed by atoms with Crippen molar-refractivity contribution in [1.29, 1.82) is 0 Å². The first-order chi connectivity index (χ1) is 9.41. The van der Waals surface area contributed by atoms with Crippen LogP contribution in [0.15, 0.2) is 30.3 Å². The van der Waals surface area contributed by atoms with Crippen molar-refractivity contribution in [2.75, 3.05) is 11.1 Å². The molecule has 104 valence electrons. The van der Waals surface area contributed by atoms with Gasteiger partial charge in [0, 0.05) is 5.69 Å². The van der Waals surface area contributed by atoms with Gasteiger partial charge in [-0.3, -0.25) is 0 Å². The summed E-state index contributed by atoms with van der Waals surface area (Å²) < 4.78 is 14.0. The Hall–Kier alpha value is -2.76. The van der Waals surface area contributed by atoms with Gasteiger partial charge in [-0.25, -0.2) is 9.18 Å². The number of halogens is 1. The van der Waals surface area contributed by atoms with Crippen molar-refractivity contribution >= 4 is 23.0 Å². The number of hydrogen-bond donors (Lipinski definition) is 4. The first kappa shape index (κ1) is 13.7. The largest absolute Gasteiger partial charge is 0.503 e. The summed E-state index contributed by atoms with van der Waals surface area (Å²) in [5.41, 5.74) is 5.72. The number of phenols is 1. The summed E-state index contributed by atoms with van der Waals surface area (Å²) in [5.74, 6) is -3.21. The van der Waals surface area contributed by atoms with Crippen LogP contribution in [0.3, 0.4) is 0 Å². The van der Waals surface area contributed by atoms with Crippen molar-refractivity contribution in [2.45, 2.75) is 6.92 Å². The van der Waals surface area contributed by atoms with Gasteiger partial charge in [-0.2, -0.15) is 0 Å². The fourth-order valence-electron chi connectivity index (χ4n) is 1.80. The van der Waals surface area contributed by atoms with Crippen molar-refractivity contribution < 1.29 is 19.4 Å². The standard InChI is InChI=1S/C14H13FN2O3/c1-7-4-2-3-5-10(7)17-12-8(14(19)20)6-9(16)13(18)11(12)15/h2-6,17-18H,16H2,1H3,(H,19,20). The van der Waals surface area contributed by atoms with Crippen LogP contribution >= 0.6 is 0 Å². The maximum Gasteiger partial charge on any atom is 0.338 e. The highest BCUT2D eigenvalue weighted by atomic mass is 19.1. The molecule has 0 bridgehead atoms. The quantitative estimate of drug-likeness (QED) is 0.510. The SMILES string of the molecule is Cc1ccccc1Nc1c(C(=O)O)cc(N)c(O)c1F. The molecule has 2 aromatic rings. The third-order valence-corrected chi connectivity index (χ3v) is 2.91. The summed E-state index contributed by atoms with van der Waals surface area (Å²) in [6.45, 7) is 1.79. The zero-order chi connectivity index (χ0) is 14.9. The van der Waals surface area contributed by atoms with E-state index >= 15 is 0 Å². The minimum Gasteiger partial charge on any atom is -0.503 e. The molecule has 0 spiro atoms. The number of aryl methyl sites for hydroxylation is 1. The Morgan fingerprint density at radius 3 is 2.60 bits per heavy atom. The van der Waals surface area contributed by atoms with Gasteiger partial charge in [-0.05, 0) is 24.6 Å². The number of hydrogen-bond acceptors (Lipinski definition) is 4. The molecule has 5 nitrogen and oxygen atoms in total. The number of carboxylic acid groups (broad SMARTS) is 1. The Balaban J connectivity index is 2.59. The van der Waals surface area contributed by atoms with E-state index in [1.165, 1.54) is 0 Å². The van der Waals surface area contributed by atoms with E-state index in [0.717, 1.165) is 11.6 Å². The third kappa shape index (κ3) is 2.35. The van der Waals surface area contributed by atoms with E-state index in [-0.39, 0.29) is 16.9 Å². The minimum atomic E-state index is -1.34. The lowest BCUT2D eigenvalue weighted by atomic mass is 10.1. The molecular formula is C14H13FN2O3. The molecule has 0 saturated carbocycles. The van der Waals surface area contributed by atoms with Gasteiger partial charge in [0.2, 0.25) is 0 Å². The molecule has 0 radical (unpaired) electrons. The van der Waals surface area contributed by atoms with Crippen molar-refractivity contribution in [3.63, 3.8) is 0 Å². The number of nitrogens with one attached hydrogen (secondary N) is 1. The molecule has 2 rings (SSSR count). The number of rotatable bonds is 3. The van der Waals surface area contributed by atoms with Gasteiger partial charge >= 0.3 is 5.97 Å². The van der Waals surface area contributed by atoms with Crippen molar-refractivity contribution in [3.05, 3.63) is 47.3 Å². The normalized spacial score (nSPS) is 10.3. The summed E-state index contributed by atoms with van der Waals surface area (Å²) in [7, 11) is 0. The number of anilines is 3. The highest BCUT2D eigenvalue weighted by Crippen LogP contribution is 2.35. The fourth-order valence-corrected chi connectivity index (χ4v) is 1.80. The minimum absolute atomic E-state index is 0.321. The fraction of sp³-hybridized carbons (Fsp3) is 0.0714. The summed E-state index contributed by atoms with van der Waals surface area (Å²) >= 11 is 0. The number of aromatic carboxylic acids is 1. The third-order valence-electron chi connectivity index (χ3n) is 2.91. The van der Waals surface area contributed by atoms with E-state index in [4.69, 9.17) is 10.8 Å². The first-order valence-corrected chi connectivity index (χ1v) is 5.78. The lowest BCUT2D eigenvalue weighted by Crippen LogP contribution is -2.07. The van der Waals surface area contributed by atoms with E-state index in [1.807, 2.05) is 0 Å². The monoisotopic (exact) mass is 276 g/mol. The molecule has 0 atom stereocenters. The Labute approximate surface area is 114 Å². The molecule has 0 heterocycles. The van der Waals surface area contributed by atoms with Crippen LogP contribution in [-0.2, 0) is 0 Å². The summed E-state index contributed by atoms with van der Waals surface area (Å²) in [6, 6.07) is 8.01. The Bertz CT molecular complexity index is 686. The van der Waals surface area contributed by atoms with Crippen LogP contribution in [-0.4, -0.2) is 16.2 Å². The molecule has 0 aromatic heterocycles. The topological polar surface area (TPSA) is 95.6 Å². The van der Waals surface area contributed by atoms with Crippen molar-refractivity contribution in [2.24, 2.45) is 0 Å². The predicted octanol–water partition coefficient (Wildman–Crippen LogP) is 2.86. The Morgan fingerprint density at radius 1 is 1.35 bits per heavy atom. The lowest BCUT2D eigenvalue weighted by Gasteiger charge is -2.14. The van der Waals surface area contributed by atoms with E-state index in [2.05, 4.69) is 5.32 Å². The maximum atomic E-state index is 14.0. The predicted molar refractivity (Wildman–Crippen MR) is 73.9 cm³/mol. The number of aromatic hydroxyl groups is 1. The second-order valence-electron chi connectivity index (χ2n) is 4.30. The molecule has 0 aliphatic heterocycles. The van der Waals surface area contributed by atoms with Crippen LogP contribution in [0, 0.1) is 12.7 Å². The van der Waals surface area contributed by atoms with Gasteiger partial charge in [0.05, 0.1) is 16.9 Å². The molecule has 0 aliphatic rings. The van der Waals surface area contributed by atoms with Crippen LogP contribution in [0.4, 0.5) is 21.5 Å². The van der Waals surface area contributed by atoms with E-state index in [1.54, 1.807) is 31.2 Å². The summed E-state index contributed by atoms with van der Waals surface area (Å²) in [5, 5.41) is 21.3. The zero-order valence-corrected chi connectivity index (χ0v) is 10.6. The zero-order valence-electron chi connectivity index (χ0n) is 10.6. The maximum absolute atomic E-state index is 14.0. The molecule has 5 N–H and O–H groups in total. The molecular weight excluding hydrogens is 263 g/mol. The van der Waals surface area contributed by atoms with Gasteiger partial charge in [0.1, 0.15) is 0 Å². The van der Waals surface area contributed by atoms with E-state index < -0.39 is 17.5 Å². The molecule has 0 amide bonds. The van der Waals surface area contributed by atoms with Crippen LogP contribution in [0.2, 0.25) is 0 Å². The number of nitrogen functional groups attached to an aromatic ring is 1. The smallest absolute Gasteiger partial charge is 0.338 e. The van der Waals surface area contributed by atoms with Gasteiger partial charge in [-0.1, -0.05) is 18.2 Å². The lowest BCUT2D eigenvalue weighted by molar-refractivity contribution is 0.0697. The number of nitrogens with two attached hydrogens (primary N) is 1. The van der Waals surface area contributed by atoms with Gasteiger partial charge < -0.3 is 21.3 Å². The molecule has 0 unspecified atom stereocenters. The molecule has 20 heavy (non-hydrogen) atoms. The number of phenolic OH excluding ortho intramolecular Hbond substituents is 1. The summed E-state index contributed by atoms with van der Waals surface area (Å²) in [4.78, 5) is 11.2. The van der Waals surface area contributed by atoms with E-state index in [0.29, 0.717) is 5.69 Å². The number of para-hydroxylation sites is 1. The van der Waals surface area contributed by atoms with Crippen LogP contribution < -0.4 is 11.1 Å². The van der Waals surface area contributed by atoms with Crippen LogP contribution in [0.5, 0.6) is 5.75 Å². The molecule has 6 heteroatoms. The van der Waals surface area contributed by atoms with Crippen LogP contribution in [0.1, 0.15) is 15.9 Å². The highest BCUT2D eigenvalue weighted by molar-refractivity contribution is 5.97. The summed E-state index contributed by atoms with van der Waals surface area (Å²) in [6.07, 6.45) is 0. The van der Waals surface area contributed by atoms with E-state index in [9.17, 15) is 14.3 Å². The highest BCUT2D eigenvalue weighted by Gasteiger charge is 2.21. The Morgan fingerprint density at radius 2 is 2.00 bits per heavy atom. The van der Waals surface area contributed by atoms with Crippen LogP contribution in [0.25, 0.3) is 0 Å². The first-order valence-electron chi connectivity index (χ1n) is 5.78. The molecule has 0 aliphatic carbocycles. The Kier molecular flexibility index (Phi) is 3.47. The van der Waals surface area contributed by atoms with Gasteiger partial charge in [0.25, 0.3) is 0 Å². The number of benzene rings is 2. The number of carbonyl (C=O) groups is 1. The van der Waals surface area contributed by atoms with Crippen molar-refractivity contribution in [3.8, 4) is 5.75 Å². The number of carboxylic acids is 1. The molecule has 2 aromatic carbocycles. The molecule has 0 fully saturated rings. The average molecular weight is 276 g/mol. The molecule has 0 saturated heterocycles. The second-order valence-corrected chi connectivity index (χ2v) is 4.30. The van der Waals surface area contributed by atoms with Crippen molar-refractivity contribution in [1.82, 2.24) is 0 Å². The van der Waals surface area contributed by atoms with Gasteiger partial charge in [0.15, 0.2) is 11.6 Å². The average Bonchev–Trinajstić information content (AvgIpc) is 2.41. The second kappa shape index (κ2) is 5.08.